The van der Waals surface area contributed by atoms with Crippen molar-refractivity contribution in [2.75, 3.05) is 42.2 Å². The molecule has 10 nitrogen and oxygen atoms in total. The van der Waals surface area contributed by atoms with Crippen LogP contribution in [0.15, 0.2) is 66.9 Å². The number of carbonyl (C=O) groups excluding carboxylic acids is 2. The number of hydrogen-bond acceptors (Lipinski definition) is 8. The van der Waals surface area contributed by atoms with E-state index < -0.39 is 11.7 Å². The minimum atomic E-state index is -0.515. The summed E-state index contributed by atoms with van der Waals surface area (Å²) in [5.74, 6) is -0.651. The standard InChI is InChI=1S/C35H39FN6O4/c1-23-10-7-11-24(2)32(23)40-33(44)29-22-37-35(41-34(29)46-28-13-8-12-26(20-28)38-25(3)43)39-27-14-15-31(30(36)21-27)45-19-9-18-42-16-5-4-6-17-42/h7-8,10-15,20-22H,4-6,9,16-19H2,1-3H3,(H,38,43)(H,40,44)(H,37,39,41). The number of benzene rings is 3. The van der Waals surface area contributed by atoms with Crippen molar-refractivity contribution in [1.29, 1.82) is 0 Å². The predicted octanol–water partition coefficient (Wildman–Crippen LogP) is 7.23. The number of halogens is 1. The second-order valence-electron chi connectivity index (χ2n) is 11.3. The first kappa shape index (κ1) is 32.4. The number of piperidine rings is 1. The van der Waals surface area contributed by atoms with Gasteiger partial charge in [-0.05, 0) is 81.6 Å². The van der Waals surface area contributed by atoms with E-state index in [2.05, 4.69) is 30.8 Å². The SMILES string of the molecule is CC(=O)Nc1cccc(Oc2nc(Nc3ccc(OCCCN4CCCCC4)c(F)c3)ncc2C(=O)Nc2c(C)cccc2C)c1. The number of nitrogens with one attached hydrogen (secondary N) is 3. The van der Waals surface area contributed by atoms with Gasteiger partial charge in [0.1, 0.15) is 11.3 Å². The molecule has 0 atom stereocenters. The molecule has 0 aliphatic carbocycles. The zero-order chi connectivity index (χ0) is 32.5. The third-order valence-electron chi connectivity index (χ3n) is 7.60. The molecule has 3 N–H and O–H groups in total. The van der Waals surface area contributed by atoms with Crippen molar-refractivity contribution < 1.29 is 23.5 Å². The Morgan fingerprint density at radius 1 is 0.935 bits per heavy atom. The molecule has 4 aromatic rings. The molecule has 2 amide bonds. The third-order valence-corrected chi connectivity index (χ3v) is 7.60. The quantitative estimate of drug-likeness (QED) is 0.141. The van der Waals surface area contributed by atoms with Crippen LogP contribution in [-0.4, -0.2) is 52.9 Å². The molecule has 0 radical (unpaired) electrons. The molecule has 1 saturated heterocycles. The Kier molecular flexibility index (Phi) is 10.8. The number of likely N-dealkylation sites (tertiary alicyclic amines) is 1. The number of nitrogens with zero attached hydrogens (tertiary/aromatic N) is 3. The van der Waals surface area contributed by atoms with Crippen LogP contribution in [0.3, 0.4) is 0 Å². The van der Waals surface area contributed by atoms with Crippen LogP contribution in [0.1, 0.15) is 54.1 Å². The van der Waals surface area contributed by atoms with E-state index in [1.807, 2.05) is 32.0 Å². The van der Waals surface area contributed by atoms with Gasteiger partial charge in [0.05, 0.1) is 6.61 Å². The molecule has 2 heterocycles. The number of aromatic nitrogens is 2. The summed E-state index contributed by atoms with van der Waals surface area (Å²) >= 11 is 0. The van der Waals surface area contributed by atoms with Crippen LogP contribution in [0, 0.1) is 19.7 Å². The van der Waals surface area contributed by atoms with Crippen LogP contribution in [0.25, 0.3) is 0 Å². The van der Waals surface area contributed by atoms with Gasteiger partial charge in [-0.15, -0.1) is 0 Å². The van der Waals surface area contributed by atoms with Crippen LogP contribution >= 0.6 is 0 Å². The molecule has 1 aliphatic rings. The van der Waals surface area contributed by atoms with Crippen LogP contribution in [-0.2, 0) is 4.79 Å². The lowest BCUT2D eigenvalue weighted by Gasteiger charge is -2.26. The summed E-state index contributed by atoms with van der Waals surface area (Å²) in [6.45, 7) is 8.82. The zero-order valence-electron chi connectivity index (χ0n) is 26.4. The lowest BCUT2D eigenvalue weighted by molar-refractivity contribution is -0.114. The maximum absolute atomic E-state index is 14.9. The van der Waals surface area contributed by atoms with Gasteiger partial charge >= 0.3 is 0 Å². The second-order valence-corrected chi connectivity index (χ2v) is 11.3. The van der Waals surface area contributed by atoms with Gasteiger partial charge in [0, 0.05) is 48.9 Å². The molecular weight excluding hydrogens is 587 g/mol. The van der Waals surface area contributed by atoms with Gasteiger partial charge < -0.3 is 30.3 Å². The zero-order valence-corrected chi connectivity index (χ0v) is 26.4. The highest BCUT2D eigenvalue weighted by molar-refractivity contribution is 6.06. The second kappa shape index (κ2) is 15.3. The van der Waals surface area contributed by atoms with Crippen molar-refractivity contribution in [3.05, 3.63) is 89.4 Å². The molecule has 0 bridgehead atoms. The first-order valence-corrected chi connectivity index (χ1v) is 15.5. The van der Waals surface area contributed by atoms with Crippen molar-refractivity contribution in [1.82, 2.24) is 14.9 Å². The number of aryl methyl sites for hydroxylation is 2. The van der Waals surface area contributed by atoms with Crippen molar-refractivity contribution >= 4 is 34.8 Å². The Hall–Kier alpha value is -5.03. The van der Waals surface area contributed by atoms with E-state index in [1.165, 1.54) is 38.4 Å². The van der Waals surface area contributed by atoms with Gasteiger partial charge in [0.15, 0.2) is 11.6 Å². The fourth-order valence-electron chi connectivity index (χ4n) is 5.28. The van der Waals surface area contributed by atoms with Crippen LogP contribution < -0.4 is 25.4 Å². The van der Waals surface area contributed by atoms with E-state index in [4.69, 9.17) is 9.47 Å². The molecule has 0 saturated carbocycles. The van der Waals surface area contributed by atoms with Gasteiger partial charge in [-0.25, -0.2) is 9.37 Å². The Morgan fingerprint density at radius 3 is 2.43 bits per heavy atom. The minimum Gasteiger partial charge on any atom is -0.490 e. The highest BCUT2D eigenvalue weighted by Gasteiger charge is 2.20. The molecule has 0 unspecified atom stereocenters. The van der Waals surface area contributed by atoms with Crippen LogP contribution in [0.2, 0.25) is 0 Å². The molecule has 5 rings (SSSR count). The fraction of sp³-hybridized carbons (Fsp3) is 0.314. The number of ether oxygens (including phenoxy) is 2. The van der Waals surface area contributed by atoms with Crippen molar-refractivity contribution in [2.45, 2.75) is 46.5 Å². The summed E-state index contributed by atoms with van der Waals surface area (Å²) in [5.41, 5.74) is 3.46. The fourth-order valence-corrected chi connectivity index (χ4v) is 5.28. The molecule has 1 aromatic heterocycles. The van der Waals surface area contributed by atoms with E-state index in [-0.39, 0.29) is 29.0 Å². The Morgan fingerprint density at radius 2 is 1.70 bits per heavy atom. The number of amides is 2. The van der Waals surface area contributed by atoms with Crippen LogP contribution in [0.4, 0.5) is 27.4 Å². The Balaban J connectivity index is 1.32. The summed E-state index contributed by atoms with van der Waals surface area (Å²) in [5, 5.41) is 8.63. The summed E-state index contributed by atoms with van der Waals surface area (Å²) in [6, 6.07) is 17.0. The highest BCUT2D eigenvalue weighted by Crippen LogP contribution is 2.30. The minimum absolute atomic E-state index is 0.0321. The average Bonchev–Trinajstić information content (AvgIpc) is 3.02. The Labute approximate surface area is 268 Å². The van der Waals surface area contributed by atoms with E-state index in [0.29, 0.717) is 29.4 Å². The van der Waals surface area contributed by atoms with Gasteiger partial charge in [-0.2, -0.15) is 4.98 Å². The number of para-hydroxylation sites is 1. The summed E-state index contributed by atoms with van der Waals surface area (Å²) in [6.07, 6.45) is 5.93. The topological polar surface area (TPSA) is 118 Å². The number of carbonyl (C=O) groups is 2. The van der Waals surface area contributed by atoms with E-state index in [1.54, 1.807) is 36.4 Å². The first-order valence-electron chi connectivity index (χ1n) is 15.5. The lowest BCUT2D eigenvalue weighted by Crippen LogP contribution is -2.31. The Bertz CT molecular complexity index is 1670. The molecule has 3 aromatic carbocycles. The van der Waals surface area contributed by atoms with Gasteiger partial charge in [0.2, 0.25) is 17.7 Å². The van der Waals surface area contributed by atoms with Gasteiger partial charge in [0.25, 0.3) is 5.91 Å². The summed E-state index contributed by atoms with van der Waals surface area (Å²) in [7, 11) is 0. The van der Waals surface area contributed by atoms with E-state index >= 15 is 0 Å². The van der Waals surface area contributed by atoms with Gasteiger partial charge in [-0.3, -0.25) is 9.59 Å². The maximum Gasteiger partial charge on any atom is 0.262 e. The number of rotatable bonds is 12. The smallest absolute Gasteiger partial charge is 0.262 e. The molecule has 240 valence electrons. The third kappa shape index (κ3) is 8.79. The predicted molar refractivity (Wildman–Crippen MR) is 177 cm³/mol. The van der Waals surface area contributed by atoms with E-state index in [9.17, 15) is 14.0 Å². The van der Waals surface area contributed by atoms with Crippen LogP contribution in [0.5, 0.6) is 17.4 Å². The molecule has 0 spiro atoms. The molecule has 11 heteroatoms. The first-order chi connectivity index (χ1) is 22.2. The van der Waals surface area contributed by atoms with Crippen molar-refractivity contribution in [3.8, 4) is 17.4 Å². The van der Waals surface area contributed by atoms with Crippen molar-refractivity contribution in [2.24, 2.45) is 0 Å². The van der Waals surface area contributed by atoms with Crippen molar-refractivity contribution in [3.63, 3.8) is 0 Å². The maximum atomic E-state index is 14.9. The lowest BCUT2D eigenvalue weighted by atomic mass is 10.1. The normalized spacial score (nSPS) is 13.1. The number of anilines is 4. The van der Waals surface area contributed by atoms with Gasteiger partial charge in [-0.1, -0.05) is 30.7 Å². The summed E-state index contributed by atoms with van der Waals surface area (Å²) < 4.78 is 26.7. The number of hydrogen-bond donors (Lipinski definition) is 3. The molecule has 1 aliphatic heterocycles. The van der Waals surface area contributed by atoms with E-state index in [0.717, 1.165) is 37.2 Å². The monoisotopic (exact) mass is 626 g/mol. The average molecular weight is 627 g/mol. The summed E-state index contributed by atoms with van der Waals surface area (Å²) in [4.78, 5) is 36.3. The largest absolute Gasteiger partial charge is 0.490 e. The molecular formula is C35H39FN6O4. The molecule has 46 heavy (non-hydrogen) atoms. The molecule has 1 fully saturated rings. The highest BCUT2D eigenvalue weighted by atomic mass is 19.1.